The van der Waals surface area contributed by atoms with E-state index in [2.05, 4.69) is 4.74 Å². The monoisotopic (exact) mass is 298 g/mol. The van der Waals surface area contributed by atoms with Gasteiger partial charge in [0.25, 0.3) is 5.78 Å². The van der Waals surface area contributed by atoms with E-state index in [1.165, 1.54) is 40.2 Å². The van der Waals surface area contributed by atoms with Crippen LogP contribution in [0.4, 0.5) is 4.39 Å². The summed E-state index contributed by atoms with van der Waals surface area (Å²) in [5.74, 6) is -1.61. The van der Waals surface area contributed by atoms with Gasteiger partial charge in [0.1, 0.15) is 17.2 Å². The molecule has 0 aliphatic rings. The highest BCUT2D eigenvalue weighted by Crippen LogP contribution is 2.37. The normalized spacial score (nSPS) is 11.0. The Hall–Kier alpha value is -2.11. The molecule has 0 aliphatic heterocycles. The smallest absolute Gasteiger partial charge is 0.379 e. The van der Waals surface area contributed by atoms with Crippen LogP contribution in [0.5, 0.6) is 11.5 Å². The van der Waals surface area contributed by atoms with Gasteiger partial charge in [-0.1, -0.05) is 0 Å². The van der Waals surface area contributed by atoms with Crippen LogP contribution in [-0.4, -0.2) is 32.6 Å². The molecule has 0 fully saturated rings. The van der Waals surface area contributed by atoms with E-state index in [9.17, 15) is 14.0 Å². The van der Waals surface area contributed by atoms with E-state index in [4.69, 9.17) is 9.47 Å². The Labute approximate surface area is 123 Å². The first-order chi connectivity index (χ1) is 9.76. The van der Waals surface area contributed by atoms with Crippen molar-refractivity contribution in [2.45, 2.75) is 26.4 Å². The Kier molecular flexibility index (Phi) is 5.29. The zero-order valence-corrected chi connectivity index (χ0v) is 12.8. The second kappa shape index (κ2) is 6.56. The number of ketones is 1. The van der Waals surface area contributed by atoms with Gasteiger partial charge in [0.2, 0.25) is 0 Å². The van der Waals surface area contributed by atoms with Crippen LogP contribution in [-0.2, 0) is 15.2 Å². The van der Waals surface area contributed by atoms with Crippen LogP contribution in [0.2, 0.25) is 0 Å². The van der Waals surface area contributed by atoms with Crippen LogP contribution in [0, 0.1) is 0 Å². The number of methoxy groups -OCH3 is 2. The summed E-state index contributed by atoms with van der Waals surface area (Å²) in [4.78, 5) is 23.6. The molecule has 0 bridgehead atoms. The van der Waals surface area contributed by atoms with E-state index < -0.39 is 17.4 Å². The average molecular weight is 298 g/mol. The van der Waals surface area contributed by atoms with E-state index in [1.54, 1.807) is 6.92 Å². The molecular weight excluding hydrogens is 279 g/mol. The van der Waals surface area contributed by atoms with E-state index in [0.717, 1.165) is 0 Å². The molecule has 5 nitrogen and oxygen atoms in total. The van der Waals surface area contributed by atoms with Crippen LogP contribution >= 0.6 is 0 Å². The molecule has 0 amide bonds. The molecule has 0 aliphatic carbocycles. The number of rotatable bonds is 6. The maximum absolute atomic E-state index is 14.2. The third kappa shape index (κ3) is 3.71. The number of halogens is 1. The molecule has 1 rings (SSSR count). The molecule has 21 heavy (non-hydrogen) atoms. The van der Waals surface area contributed by atoms with Crippen molar-refractivity contribution in [1.82, 2.24) is 0 Å². The number of ether oxygens (including phenoxy) is 3. The lowest BCUT2D eigenvalue weighted by Crippen LogP contribution is -2.19. The van der Waals surface area contributed by atoms with Gasteiger partial charge in [0, 0.05) is 5.56 Å². The van der Waals surface area contributed by atoms with Crippen molar-refractivity contribution in [3.05, 3.63) is 23.3 Å². The Morgan fingerprint density at radius 3 is 2.14 bits per heavy atom. The standard InChI is InChI=1S/C15H19FO5/c1-6-21-14(18)13(17)9-7-12(20-5)10(15(2,3)16)8-11(9)19-4/h7-8H,6H2,1-5H3. The van der Waals surface area contributed by atoms with Crippen molar-refractivity contribution in [2.75, 3.05) is 20.8 Å². The Bertz CT molecular complexity index is 546. The van der Waals surface area contributed by atoms with E-state index >= 15 is 0 Å². The van der Waals surface area contributed by atoms with Crippen molar-refractivity contribution in [1.29, 1.82) is 0 Å². The predicted molar refractivity (Wildman–Crippen MR) is 74.6 cm³/mol. The molecule has 0 N–H and O–H groups in total. The quantitative estimate of drug-likeness (QED) is 0.459. The first-order valence-corrected chi connectivity index (χ1v) is 6.43. The van der Waals surface area contributed by atoms with Gasteiger partial charge < -0.3 is 14.2 Å². The van der Waals surface area contributed by atoms with Crippen LogP contribution in [0.1, 0.15) is 36.7 Å². The highest BCUT2D eigenvalue weighted by Gasteiger charge is 2.29. The molecule has 6 heteroatoms. The van der Waals surface area contributed by atoms with E-state index in [1.807, 2.05) is 0 Å². The summed E-state index contributed by atoms with van der Waals surface area (Å²) in [5, 5.41) is 0. The van der Waals surface area contributed by atoms with Crippen molar-refractivity contribution >= 4 is 11.8 Å². The van der Waals surface area contributed by atoms with Crippen LogP contribution in [0.3, 0.4) is 0 Å². The number of esters is 1. The Morgan fingerprint density at radius 2 is 1.71 bits per heavy atom. The fourth-order valence-electron chi connectivity index (χ4n) is 1.85. The number of benzene rings is 1. The summed E-state index contributed by atoms with van der Waals surface area (Å²) in [5.41, 5.74) is -1.49. The molecule has 0 unspecified atom stereocenters. The SMILES string of the molecule is CCOC(=O)C(=O)c1cc(OC)c(C(C)(C)F)cc1OC. The van der Waals surface area contributed by atoms with Gasteiger partial charge in [0.15, 0.2) is 0 Å². The molecule has 0 radical (unpaired) electrons. The van der Waals surface area contributed by atoms with Crippen molar-refractivity contribution in [3.63, 3.8) is 0 Å². The first-order valence-electron chi connectivity index (χ1n) is 6.43. The van der Waals surface area contributed by atoms with E-state index in [0.29, 0.717) is 0 Å². The lowest BCUT2D eigenvalue weighted by atomic mass is 9.95. The lowest BCUT2D eigenvalue weighted by molar-refractivity contribution is -0.137. The maximum Gasteiger partial charge on any atom is 0.379 e. The number of carbonyl (C=O) groups excluding carboxylic acids is 2. The molecule has 0 aromatic heterocycles. The molecule has 0 atom stereocenters. The molecule has 1 aromatic rings. The molecule has 0 saturated carbocycles. The van der Waals surface area contributed by atoms with Crippen molar-refractivity contribution in [2.24, 2.45) is 0 Å². The number of alkyl halides is 1. The summed E-state index contributed by atoms with van der Waals surface area (Å²) in [6.07, 6.45) is 0. The molecule has 0 heterocycles. The van der Waals surface area contributed by atoms with E-state index in [-0.39, 0.29) is 29.2 Å². The van der Waals surface area contributed by atoms with Crippen molar-refractivity contribution in [3.8, 4) is 11.5 Å². The highest BCUT2D eigenvalue weighted by atomic mass is 19.1. The number of Topliss-reactive ketones (excluding diaryl/α,β-unsaturated/α-hetero) is 1. The van der Waals surface area contributed by atoms with Gasteiger partial charge in [0.05, 0.1) is 26.4 Å². The summed E-state index contributed by atoms with van der Waals surface area (Å²) in [6.45, 7) is 4.39. The Morgan fingerprint density at radius 1 is 1.14 bits per heavy atom. The topological polar surface area (TPSA) is 61.8 Å². The minimum atomic E-state index is -1.69. The minimum Gasteiger partial charge on any atom is -0.496 e. The number of hydrogen-bond donors (Lipinski definition) is 0. The summed E-state index contributed by atoms with van der Waals surface area (Å²) < 4.78 is 29.0. The number of carbonyl (C=O) groups is 2. The van der Waals surface area contributed by atoms with Crippen LogP contribution in [0.15, 0.2) is 12.1 Å². The first kappa shape index (κ1) is 16.9. The van der Waals surface area contributed by atoms with Gasteiger partial charge in [-0.25, -0.2) is 9.18 Å². The fourth-order valence-corrected chi connectivity index (χ4v) is 1.85. The predicted octanol–water partition coefficient (Wildman–Crippen LogP) is 2.65. The van der Waals surface area contributed by atoms with Gasteiger partial charge in [-0.05, 0) is 32.9 Å². The maximum atomic E-state index is 14.2. The third-order valence-electron chi connectivity index (χ3n) is 2.87. The van der Waals surface area contributed by atoms with Gasteiger partial charge >= 0.3 is 5.97 Å². The molecular formula is C15H19FO5. The van der Waals surface area contributed by atoms with Crippen molar-refractivity contribution < 1.29 is 28.2 Å². The zero-order valence-electron chi connectivity index (χ0n) is 12.8. The van der Waals surface area contributed by atoms with Crippen LogP contribution in [0.25, 0.3) is 0 Å². The van der Waals surface area contributed by atoms with Crippen LogP contribution < -0.4 is 9.47 Å². The zero-order chi connectivity index (χ0) is 16.2. The number of hydrogen-bond acceptors (Lipinski definition) is 5. The summed E-state index contributed by atoms with van der Waals surface area (Å²) in [6, 6.07) is 2.64. The summed E-state index contributed by atoms with van der Waals surface area (Å²) in [7, 11) is 2.69. The molecule has 116 valence electrons. The fraction of sp³-hybridized carbons (Fsp3) is 0.467. The molecule has 1 aromatic carbocycles. The second-order valence-electron chi connectivity index (χ2n) is 4.77. The summed E-state index contributed by atoms with van der Waals surface area (Å²) >= 11 is 0. The third-order valence-corrected chi connectivity index (χ3v) is 2.87. The van der Waals surface area contributed by atoms with Gasteiger partial charge in [-0.15, -0.1) is 0 Å². The molecule has 0 saturated heterocycles. The highest BCUT2D eigenvalue weighted by molar-refractivity contribution is 6.41. The van der Waals surface area contributed by atoms with Gasteiger partial charge in [-0.2, -0.15) is 0 Å². The average Bonchev–Trinajstić information content (AvgIpc) is 2.44. The second-order valence-corrected chi connectivity index (χ2v) is 4.77. The Balaban J connectivity index is 3.41. The van der Waals surface area contributed by atoms with Gasteiger partial charge in [-0.3, -0.25) is 4.79 Å². The minimum absolute atomic E-state index is 0.0270. The lowest BCUT2D eigenvalue weighted by Gasteiger charge is -2.20. The largest absolute Gasteiger partial charge is 0.496 e. The molecule has 0 spiro atoms.